The molecule has 46 heavy (non-hydrogen) atoms. The highest BCUT2D eigenvalue weighted by molar-refractivity contribution is 6.30. The summed E-state index contributed by atoms with van der Waals surface area (Å²) in [7, 11) is 0. The Morgan fingerprint density at radius 3 is 2.65 bits per heavy atom. The van der Waals surface area contributed by atoms with E-state index in [2.05, 4.69) is 57.8 Å². The number of nitrogens with one attached hydrogen (secondary N) is 1. The van der Waals surface area contributed by atoms with E-state index < -0.39 is 0 Å². The average molecular weight is 636 g/mol. The third-order valence-electron chi connectivity index (χ3n) is 10.4. The molecule has 3 fully saturated rings. The number of amides is 1. The van der Waals surface area contributed by atoms with Crippen LogP contribution in [0, 0.1) is 29.1 Å². The highest BCUT2D eigenvalue weighted by Crippen LogP contribution is 2.56. The number of anilines is 1. The van der Waals surface area contributed by atoms with Crippen LogP contribution in [0.15, 0.2) is 36.8 Å². The van der Waals surface area contributed by atoms with Crippen LogP contribution >= 0.6 is 11.6 Å². The molecule has 3 aliphatic heterocycles. The first-order valence-corrected chi connectivity index (χ1v) is 16.9. The third kappa shape index (κ3) is 4.96. The molecule has 8 rings (SSSR count). The Bertz CT molecular complexity index is 1880. The maximum atomic E-state index is 13.4. The number of halogens is 1. The lowest BCUT2D eigenvalue weighted by Crippen LogP contribution is -2.60. The van der Waals surface area contributed by atoms with Crippen LogP contribution in [0.2, 0.25) is 5.02 Å². The number of nitrogens with zero attached hydrogens (tertiary/aromatic N) is 8. The molecule has 3 aromatic heterocycles. The fourth-order valence-corrected chi connectivity index (χ4v) is 7.90. The molecule has 11 heteroatoms. The van der Waals surface area contributed by atoms with E-state index in [0.717, 1.165) is 78.1 Å². The number of likely N-dealkylation sites (tertiary alicyclic amines) is 1. The lowest BCUT2D eigenvalue weighted by molar-refractivity contribution is -0.120. The quantitative estimate of drug-likeness (QED) is 0.298. The van der Waals surface area contributed by atoms with Crippen molar-refractivity contribution in [2.45, 2.75) is 64.6 Å². The van der Waals surface area contributed by atoms with E-state index in [1.165, 1.54) is 0 Å². The second-order valence-electron chi connectivity index (χ2n) is 13.9. The summed E-state index contributed by atoms with van der Waals surface area (Å²) >= 11 is 6.01. The Kier molecular flexibility index (Phi) is 7.31. The molecule has 1 aliphatic carbocycles. The Hall–Kier alpha value is -3.91. The van der Waals surface area contributed by atoms with Gasteiger partial charge >= 0.3 is 0 Å². The van der Waals surface area contributed by atoms with Gasteiger partial charge in [-0.1, -0.05) is 38.4 Å². The van der Waals surface area contributed by atoms with E-state index >= 15 is 0 Å². The van der Waals surface area contributed by atoms with E-state index in [1.54, 1.807) is 17.3 Å². The standard InChI is InChI=1S/C35H38ClN9O/c1-19(2)8-29-27(11-37)33(28-16-41-45(34(28)42-29)30-6-7-43(17-20(30)3)23-14-38-15-23)21-4-5-31-25(9-21)24-10-26(24)35(46)44(31)18-32-39-12-22(36)13-40-32/h4-5,9,12-13,16,19-20,23-24,26,30,38H,6-8,10,14-15,17-18H2,1-3H3/t20-,24?,26?,30-/m1/s1. The Labute approximate surface area is 273 Å². The molecular formula is C35H38ClN9O. The molecule has 0 radical (unpaired) electrons. The molecular weight excluding hydrogens is 598 g/mol. The zero-order valence-corrected chi connectivity index (χ0v) is 27.2. The van der Waals surface area contributed by atoms with Crippen LogP contribution < -0.4 is 10.2 Å². The number of benzene rings is 1. The number of nitriles is 1. The second kappa shape index (κ2) is 11.4. The molecule has 1 N–H and O–H groups in total. The monoisotopic (exact) mass is 635 g/mol. The van der Waals surface area contributed by atoms with Crippen molar-refractivity contribution in [3.63, 3.8) is 0 Å². The number of aromatic nitrogens is 5. The second-order valence-corrected chi connectivity index (χ2v) is 14.4. The van der Waals surface area contributed by atoms with Crippen molar-refractivity contribution in [1.82, 2.24) is 34.9 Å². The zero-order valence-electron chi connectivity index (χ0n) is 26.4. The number of carbonyl (C=O) groups is 1. The van der Waals surface area contributed by atoms with Gasteiger partial charge in [0, 0.05) is 67.2 Å². The van der Waals surface area contributed by atoms with Gasteiger partial charge in [0.25, 0.3) is 0 Å². The number of hydrogen-bond donors (Lipinski definition) is 1. The van der Waals surface area contributed by atoms with Crippen molar-refractivity contribution >= 4 is 34.2 Å². The molecule has 6 heterocycles. The summed E-state index contributed by atoms with van der Waals surface area (Å²) in [6, 6.07) is 9.69. The number of carbonyl (C=O) groups excluding carboxylic acids is 1. The summed E-state index contributed by atoms with van der Waals surface area (Å²) < 4.78 is 2.15. The highest BCUT2D eigenvalue weighted by atomic mass is 35.5. The van der Waals surface area contributed by atoms with Gasteiger partial charge in [0.1, 0.15) is 11.9 Å². The predicted octanol–water partition coefficient (Wildman–Crippen LogP) is 5.12. The van der Waals surface area contributed by atoms with Gasteiger partial charge in [-0.2, -0.15) is 10.4 Å². The van der Waals surface area contributed by atoms with Crippen LogP contribution in [-0.4, -0.2) is 67.8 Å². The summed E-state index contributed by atoms with van der Waals surface area (Å²) in [6.45, 7) is 11.2. The molecule has 1 amide bonds. The molecule has 4 aliphatic rings. The summed E-state index contributed by atoms with van der Waals surface area (Å²) in [5.74, 6) is 1.57. The SMILES string of the molecule is CC(C)Cc1nc2c(cnn2[C@@H]2CCN(C3CNC3)C[C@H]2C)c(-c2ccc3c(c2)C2CC2C(=O)N3Cc2ncc(Cl)cn2)c1C#N. The number of rotatable bonds is 7. The first-order chi connectivity index (χ1) is 22.3. The van der Waals surface area contributed by atoms with Crippen LogP contribution in [-0.2, 0) is 17.8 Å². The first-order valence-electron chi connectivity index (χ1n) is 16.5. The molecule has 0 spiro atoms. The minimum Gasteiger partial charge on any atom is -0.314 e. The summed E-state index contributed by atoms with van der Waals surface area (Å²) in [5.41, 5.74) is 6.18. The minimum absolute atomic E-state index is 0.0368. The third-order valence-corrected chi connectivity index (χ3v) is 10.6. The molecule has 1 aromatic carbocycles. The molecule has 4 atom stereocenters. The van der Waals surface area contributed by atoms with E-state index in [0.29, 0.717) is 40.7 Å². The van der Waals surface area contributed by atoms with Gasteiger partial charge in [-0.05, 0) is 60.3 Å². The van der Waals surface area contributed by atoms with Crippen molar-refractivity contribution in [1.29, 1.82) is 5.26 Å². The topological polar surface area (TPSA) is 116 Å². The molecule has 10 nitrogen and oxygen atoms in total. The summed E-state index contributed by atoms with van der Waals surface area (Å²) in [5, 5.41) is 20.4. The van der Waals surface area contributed by atoms with Gasteiger partial charge in [0.05, 0.1) is 35.1 Å². The summed E-state index contributed by atoms with van der Waals surface area (Å²) in [4.78, 5) is 31.7. The molecule has 2 unspecified atom stereocenters. The fraction of sp³-hybridized carbons (Fsp3) is 0.486. The van der Waals surface area contributed by atoms with E-state index in [9.17, 15) is 10.1 Å². The van der Waals surface area contributed by atoms with Crippen molar-refractivity contribution < 1.29 is 4.79 Å². The molecule has 0 bridgehead atoms. The lowest BCUT2D eigenvalue weighted by Gasteiger charge is -2.44. The van der Waals surface area contributed by atoms with Gasteiger partial charge < -0.3 is 10.2 Å². The largest absolute Gasteiger partial charge is 0.314 e. The van der Waals surface area contributed by atoms with Gasteiger partial charge in [-0.3, -0.25) is 9.69 Å². The van der Waals surface area contributed by atoms with E-state index in [1.807, 2.05) is 18.3 Å². The Balaban J connectivity index is 1.21. The van der Waals surface area contributed by atoms with Crippen molar-refractivity contribution in [3.8, 4) is 17.2 Å². The maximum absolute atomic E-state index is 13.4. The molecule has 4 aromatic rings. The van der Waals surface area contributed by atoms with Gasteiger partial charge in [0.15, 0.2) is 5.65 Å². The van der Waals surface area contributed by atoms with Crippen LogP contribution in [0.5, 0.6) is 0 Å². The van der Waals surface area contributed by atoms with Crippen LogP contribution in [0.25, 0.3) is 22.2 Å². The maximum Gasteiger partial charge on any atom is 0.231 e. The Morgan fingerprint density at radius 1 is 1.15 bits per heavy atom. The van der Waals surface area contributed by atoms with Crippen molar-refractivity contribution in [2.75, 3.05) is 31.1 Å². The lowest BCUT2D eigenvalue weighted by atomic mass is 9.90. The average Bonchev–Trinajstić information content (AvgIpc) is 3.72. The number of fused-ring (bicyclic) bond motifs is 4. The number of piperidine rings is 1. The van der Waals surface area contributed by atoms with E-state index in [4.69, 9.17) is 21.7 Å². The summed E-state index contributed by atoms with van der Waals surface area (Å²) in [6.07, 6.45) is 7.59. The number of hydrogen-bond acceptors (Lipinski definition) is 8. The van der Waals surface area contributed by atoms with Crippen molar-refractivity contribution in [2.24, 2.45) is 17.8 Å². The first kappa shape index (κ1) is 29.5. The fourth-order valence-electron chi connectivity index (χ4n) is 7.80. The van der Waals surface area contributed by atoms with Crippen LogP contribution in [0.4, 0.5) is 5.69 Å². The number of pyridine rings is 1. The van der Waals surface area contributed by atoms with E-state index in [-0.39, 0.29) is 30.3 Å². The predicted molar refractivity (Wildman–Crippen MR) is 176 cm³/mol. The Morgan fingerprint density at radius 2 is 1.96 bits per heavy atom. The van der Waals surface area contributed by atoms with Gasteiger partial charge in [0.2, 0.25) is 5.91 Å². The van der Waals surface area contributed by atoms with Crippen molar-refractivity contribution in [3.05, 3.63) is 64.5 Å². The molecule has 1 saturated carbocycles. The normalized spacial score (nSPS) is 24.5. The smallest absolute Gasteiger partial charge is 0.231 e. The highest BCUT2D eigenvalue weighted by Gasteiger charge is 2.51. The molecule has 2 saturated heterocycles. The van der Waals surface area contributed by atoms with Gasteiger partial charge in [-0.15, -0.1) is 0 Å². The van der Waals surface area contributed by atoms with Crippen LogP contribution in [0.3, 0.4) is 0 Å². The van der Waals surface area contributed by atoms with Gasteiger partial charge in [-0.25, -0.2) is 19.6 Å². The minimum atomic E-state index is -0.0368. The van der Waals surface area contributed by atoms with Crippen LogP contribution in [0.1, 0.15) is 68.2 Å². The zero-order chi connectivity index (χ0) is 31.7. The molecule has 236 valence electrons.